The molecule has 0 fully saturated rings. The zero-order chi connectivity index (χ0) is 12.0. The van der Waals surface area contributed by atoms with Crippen LogP contribution < -0.4 is 5.32 Å². The second-order valence-corrected chi connectivity index (χ2v) is 5.75. The van der Waals surface area contributed by atoms with Gasteiger partial charge >= 0.3 is 0 Å². The van der Waals surface area contributed by atoms with Gasteiger partial charge in [0.05, 0.1) is 6.61 Å². The van der Waals surface area contributed by atoms with Gasteiger partial charge in [-0.2, -0.15) is 11.8 Å². The molecule has 0 aliphatic heterocycles. The maximum absolute atomic E-state index is 9.17. The van der Waals surface area contributed by atoms with Gasteiger partial charge in [-0.1, -0.05) is 28.1 Å². The Morgan fingerprint density at radius 1 is 1.50 bits per heavy atom. The monoisotopic (exact) mass is 303 g/mol. The molecule has 2 unspecified atom stereocenters. The van der Waals surface area contributed by atoms with E-state index in [1.165, 1.54) is 5.56 Å². The van der Waals surface area contributed by atoms with Gasteiger partial charge in [0.1, 0.15) is 0 Å². The van der Waals surface area contributed by atoms with Crippen LogP contribution in [-0.4, -0.2) is 29.3 Å². The molecule has 0 bridgehead atoms. The zero-order valence-electron chi connectivity index (χ0n) is 9.61. The van der Waals surface area contributed by atoms with Crippen LogP contribution in [-0.2, 0) is 6.54 Å². The molecule has 1 aromatic rings. The first-order valence-electron chi connectivity index (χ1n) is 5.29. The molecule has 1 rings (SSSR count). The summed E-state index contributed by atoms with van der Waals surface area (Å²) in [5, 5.41) is 12.9. The van der Waals surface area contributed by atoms with E-state index < -0.39 is 0 Å². The molecule has 2 nitrogen and oxygen atoms in total. The molecule has 0 heterocycles. The highest BCUT2D eigenvalue weighted by molar-refractivity contribution is 9.10. The van der Waals surface area contributed by atoms with E-state index >= 15 is 0 Å². The van der Waals surface area contributed by atoms with Crippen LogP contribution in [0.15, 0.2) is 28.7 Å². The average Bonchev–Trinajstić information content (AvgIpc) is 2.28. The molecule has 90 valence electrons. The summed E-state index contributed by atoms with van der Waals surface area (Å²) >= 11 is 5.15. The molecular weight excluding hydrogens is 286 g/mol. The molecule has 0 saturated carbocycles. The Kier molecular flexibility index (Phi) is 6.43. The molecule has 0 amide bonds. The minimum atomic E-state index is 0.216. The van der Waals surface area contributed by atoms with Crippen LogP contribution in [0.3, 0.4) is 0 Å². The van der Waals surface area contributed by atoms with E-state index in [9.17, 15) is 0 Å². The molecule has 0 radical (unpaired) electrons. The minimum absolute atomic E-state index is 0.216. The average molecular weight is 304 g/mol. The van der Waals surface area contributed by atoms with Gasteiger partial charge in [0.15, 0.2) is 0 Å². The van der Waals surface area contributed by atoms with E-state index in [1.807, 2.05) is 18.4 Å². The molecule has 2 N–H and O–H groups in total. The van der Waals surface area contributed by atoms with Crippen molar-refractivity contribution in [1.29, 1.82) is 0 Å². The summed E-state index contributed by atoms with van der Waals surface area (Å²) in [5.74, 6) is 0. The summed E-state index contributed by atoms with van der Waals surface area (Å²) in [7, 11) is 0. The number of hydrogen-bond donors (Lipinski definition) is 2. The lowest BCUT2D eigenvalue weighted by molar-refractivity contribution is 0.276. The van der Waals surface area contributed by atoms with E-state index in [0.29, 0.717) is 6.04 Å². The van der Waals surface area contributed by atoms with Crippen molar-refractivity contribution in [3.8, 4) is 0 Å². The first-order chi connectivity index (χ1) is 7.67. The Hall–Kier alpha value is -0.0300. The molecule has 0 saturated heterocycles. The van der Waals surface area contributed by atoms with Crippen molar-refractivity contribution >= 4 is 27.7 Å². The van der Waals surface area contributed by atoms with Crippen LogP contribution in [0.2, 0.25) is 0 Å². The second-order valence-electron chi connectivity index (χ2n) is 3.76. The summed E-state index contributed by atoms with van der Waals surface area (Å²) in [6.45, 7) is 3.15. The van der Waals surface area contributed by atoms with Gasteiger partial charge in [-0.15, -0.1) is 0 Å². The fourth-order valence-electron chi connectivity index (χ4n) is 1.49. The van der Waals surface area contributed by atoms with Crippen LogP contribution >= 0.6 is 27.7 Å². The van der Waals surface area contributed by atoms with Gasteiger partial charge < -0.3 is 10.4 Å². The molecule has 1 aromatic carbocycles. The lowest BCUT2D eigenvalue weighted by Crippen LogP contribution is -2.37. The normalized spacial score (nSPS) is 14.8. The summed E-state index contributed by atoms with van der Waals surface area (Å²) < 4.78 is 1.10. The third-order valence-electron chi connectivity index (χ3n) is 2.56. The maximum atomic E-state index is 9.17. The Labute approximate surface area is 110 Å². The van der Waals surface area contributed by atoms with Crippen molar-refractivity contribution in [2.45, 2.75) is 24.8 Å². The van der Waals surface area contributed by atoms with Crippen molar-refractivity contribution in [2.75, 3.05) is 12.9 Å². The van der Waals surface area contributed by atoms with Gasteiger partial charge in [-0.05, 0) is 30.9 Å². The molecule has 0 spiro atoms. The number of halogens is 1. The first-order valence-corrected chi connectivity index (χ1v) is 7.37. The molecule has 0 aliphatic carbocycles. The highest BCUT2D eigenvalue weighted by Gasteiger charge is 2.14. The highest BCUT2D eigenvalue weighted by Crippen LogP contribution is 2.13. The highest BCUT2D eigenvalue weighted by atomic mass is 79.9. The van der Waals surface area contributed by atoms with E-state index in [2.05, 4.69) is 40.3 Å². The van der Waals surface area contributed by atoms with Gasteiger partial charge in [0.2, 0.25) is 0 Å². The lowest BCUT2D eigenvalue weighted by atomic mass is 10.2. The predicted octanol–water partition coefficient (Wildman–Crippen LogP) is 2.65. The van der Waals surface area contributed by atoms with Gasteiger partial charge in [-0.25, -0.2) is 0 Å². The van der Waals surface area contributed by atoms with E-state index in [0.717, 1.165) is 11.0 Å². The number of nitrogens with one attached hydrogen (secondary N) is 1. The fourth-order valence-corrected chi connectivity index (χ4v) is 2.59. The Morgan fingerprint density at radius 2 is 2.25 bits per heavy atom. The third-order valence-corrected chi connectivity index (χ3v) is 4.21. The number of thioether (sulfide) groups is 1. The SMILES string of the molecule is CSC(CO)C(C)NCc1cccc(Br)c1. The fraction of sp³-hybridized carbons (Fsp3) is 0.500. The van der Waals surface area contributed by atoms with Crippen molar-refractivity contribution in [3.05, 3.63) is 34.3 Å². The quantitative estimate of drug-likeness (QED) is 0.847. The predicted molar refractivity (Wildman–Crippen MR) is 74.8 cm³/mol. The summed E-state index contributed by atoms with van der Waals surface area (Å²) in [6.07, 6.45) is 2.03. The van der Waals surface area contributed by atoms with Crippen LogP contribution in [0.1, 0.15) is 12.5 Å². The van der Waals surface area contributed by atoms with Crippen LogP contribution in [0.4, 0.5) is 0 Å². The minimum Gasteiger partial charge on any atom is -0.395 e. The molecule has 0 aliphatic rings. The van der Waals surface area contributed by atoms with E-state index in [1.54, 1.807) is 11.8 Å². The van der Waals surface area contributed by atoms with Crippen molar-refractivity contribution in [1.82, 2.24) is 5.32 Å². The summed E-state index contributed by atoms with van der Waals surface area (Å²) in [4.78, 5) is 0. The second kappa shape index (κ2) is 7.33. The molecule has 16 heavy (non-hydrogen) atoms. The Balaban J connectivity index is 2.45. The molecule has 4 heteroatoms. The number of benzene rings is 1. The molecular formula is C12H18BrNOS. The van der Waals surface area contributed by atoms with E-state index in [4.69, 9.17) is 5.11 Å². The van der Waals surface area contributed by atoms with Crippen molar-refractivity contribution in [2.24, 2.45) is 0 Å². The lowest BCUT2D eigenvalue weighted by Gasteiger charge is -2.21. The van der Waals surface area contributed by atoms with Crippen molar-refractivity contribution in [3.63, 3.8) is 0 Å². The van der Waals surface area contributed by atoms with Gasteiger partial charge in [0.25, 0.3) is 0 Å². The number of aliphatic hydroxyl groups excluding tert-OH is 1. The molecule has 2 atom stereocenters. The van der Waals surface area contributed by atoms with Crippen LogP contribution in [0.25, 0.3) is 0 Å². The molecule has 0 aromatic heterocycles. The third kappa shape index (κ3) is 4.45. The van der Waals surface area contributed by atoms with E-state index in [-0.39, 0.29) is 11.9 Å². The van der Waals surface area contributed by atoms with Crippen molar-refractivity contribution < 1.29 is 5.11 Å². The van der Waals surface area contributed by atoms with Gasteiger partial charge in [0, 0.05) is 22.3 Å². The van der Waals surface area contributed by atoms with Gasteiger partial charge in [-0.3, -0.25) is 0 Å². The first kappa shape index (κ1) is 14.0. The topological polar surface area (TPSA) is 32.3 Å². The number of aliphatic hydroxyl groups is 1. The van der Waals surface area contributed by atoms with Crippen LogP contribution in [0, 0.1) is 0 Å². The number of hydrogen-bond acceptors (Lipinski definition) is 3. The maximum Gasteiger partial charge on any atom is 0.0564 e. The standard InChI is InChI=1S/C12H18BrNOS/c1-9(12(8-15)16-2)14-7-10-4-3-5-11(13)6-10/h3-6,9,12,14-15H,7-8H2,1-2H3. The van der Waals surface area contributed by atoms with Crippen LogP contribution in [0.5, 0.6) is 0 Å². The smallest absolute Gasteiger partial charge is 0.0564 e. The Bertz CT molecular complexity index is 318. The largest absolute Gasteiger partial charge is 0.395 e. The Morgan fingerprint density at radius 3 is 2.81 bits per heavy atom. The number of rotatable bonds is 6. The summed E-state index contributed by atoms with van der Waals surface area (Å²) in [5.41, 5.74) is 1.25. The zero-order valence-corrected chi connectivity index (χ0v) is 12.0. The summed E-state index contributed by atoms with van der Waals surface area (Å²) in [6, 6.07) is 8.55.